The molecule has 2 aromatic heterocycles. The minimum atomic E-state index is -4.47. The Morgan fingerprint density at radius 2 is 1.74 bits per heavy atom. The summed E-state index contributed by atoms with van der Waals surface area (Å²) in [6, 6.07) is 14.4. The summed E-state index contributed by atoms with van der Waals surface area (Å²) in [5.74, 6) is 1.31. The smallest absolute Gasteiger partial charge is 0.416 e. The highest BCUT2D eigenvalue weighted by Gasteiger charge is 2.31. The molecule has 0 aliphatic heterocycles. The van der Waals surface area contributed by atoms with Gasteiger partial charge in [-0.25, -0.2) is 9.97 Å². The number of nitrogens with zero attached hydrogens (tertiary/aromatic N) is 3. The second-order valence-electron chi connectivity index (χ2n) is 8.73. The molecule has 0 amide bonds. The first-order valence-electron chi connectivity index (χ1n) is 11.6. The first kappa shape index (κ1) is 23.1. The van der Waals surface area contributed by atoms with Crippen molar-refractivity contribution in [1.82, 2.24) is 15.0 Å². The zero-order valence-corrected chi connectivity index (χ0v) is 19.0. The van der Waals surface area contributed by atoms with Crippen LogP contribution in [0.4, 0.5) is 13.2 Å². The summed E-state index contributed by atoms with van der Waals surface area (Å²) >= 11 is 0. The summed E-state index contributed by atoms with van der Waals surface area (Å²) in [5.41, 5.74) is 0.900. The second-order valence-corrected chi connectivity index (χ2v) is 8.73. The van der Waals surface area contributed by atoms with Gasteiger partial charge >= 0.3 is 6.18 Å². The van der Waals surface area contributed by atoms with Gasteiger partial charge in [-0.15, -0.1) is 0 Å². The lowest BCUT2D eigenvalue weighted by molar-refractivity contribution is -0.137. The summed E-state index contributed by atoms with van der Waals surface area (Å²) < 4.78 is 52.1. The molecule has 0 unspecified atom stereocenters. The monoisotopic (exact) mass is 479 g/mol. The van der Waals surface area contributed by atoms with E-state index in [1.807, 2.05) is 24.3 Å². The average molecular weight is 480 g/mol. The van der Waals surface area contributed by atoms with Crippen LogP contribution < -0.4 is 9.47 Å². The van der Waals surface area contributed by atoms with Crippen molar-refractivity contribution in [2.45, 2.75) is 38.3 Å². The molecule has 2 aromatic carbocycles. The molecule has 5 rings (SSSR count). The molecule has 0 radical (unpaired) electrons. The number of pyridine rings is 1. The van der Waals surface area contributed by atoms with Crippen molar-refractivity contribution in [3.8, 4) is 28.6 Å². The fourth-order valence-electron chi connectivity index (χ4n) is 4.36. The van der Waals surface area contributed by atoms with Crippen LogP contribution in [0.3, 0.4) is 0 Å². The zero-order chi connectivity index (χ0) is 24.3. The maximum absolute atomic E-state index is 13.4. The molecule has 1 fully saturated rings. The summed E-state index contributed by atoms with van der Waals surface area (Å²) in [4.78, 5) is 12.8. The summed E-state index contributed by atoms with van der Waals surface area (Å²) in [7, 11) is 0. The van der Waals surface area contributed by atoms with E-state index in [0.29, 0.717) is 29.5 Å². The highest BCUT2D eigenvalue weighted by molar-refractivity contribution is 5.79. The Morgan fingerprint density at radius 3 is 2.57 bits per heavy atom. The topological polar surface area (TPSA) is 57.1 Å². The fraction of sp³-hybridized carbons (Fsp3) is 0.296. The number of hydrogen-bond acceptors (Lipinski definition) is 5. The lowest BCUT2D eigenvalue weighted by Gasteiger charge is -2.23. The number of hydrogen-bond donors (Lipinski definition) is 0. The Balaban J connectivity index is 1.43. The van der Waals surface area contributed by atoms with E-state index in [4.69, 9.17) is 9.47 Å². The number of alkyl halides is 3. The van der Waals surface area contributed by atoms with Crippen molar-refractivity contribution in [2.24, 2.45) is 5.92 Å². The van der Waals surface area contributed by atoms with Crippen molar-refractivity contribution in [2.75, 3.05) is 6.61 Å². The molecule has 35 heavy (non-hydrogen) atoms. The molecule has 2 heterocycles. The quantitative estimate of drug-likeness (QED) is 0.287. The van der Waals surface area contributed by atoms with Gasteiger partial charge in [0.05, 0.1) is 23.4 Å². The summed E-state index contributed by atoms with van der Waals surface area (Å²) in [6.45, 7) is 0.382. The van der Waals surface area contributed by atoms with Gasteiger partial charge in [0.1, 0.15) is 17.8 Å². The third-order valence-corrected chi connectivity index (χ3v) is 6.23. The van der Waals surface area contributed by atoms with Crippen LogP contribution in [0.25, 0.3) is 22.2 Å². The number of benzene rings is 2. The molecule has 1 saturated carbocycles. The molecule has 0 N–H and O–H groups in total. The van der Waals surface area contributed by atoms with Crippen LogP contribution in [0.5, 0.6) is 17.4 Å². The molecule has 8 heteroatoms. The van der Waals surface area contributed by atoms with E-state index in [1.165, 1.54) is 18.8 Å². The van der Waals surface area contributed by atoms with Gasteiger partial charge in [0.15, 0.2) is 0 Å². The van der Waals surface area contributed by atoms with E-state index in [-0.39, 0.29) is 11.6 Å². The Bertz CT molecular complexity index is 1320. The maximum atomic E-state index is 13.4. The third-order valence-electron chi connectivity index (χ3n) is 6.23. The number of fused-ring (bicyclic) bond motifs is 1. The van der Waals surface area contributed by atoms with Gasteiger partial charge in [0.2, 0.25) is 5.88 Å². The molecule has 0 bridgehead atoms. The molecule has 4 aromatic rings. The van der Waals surface area contributed by atoms with Crippen molar-refractivity contribution >= 4 is 10.9 Å². The highest BCUT2D eigenvalue weighted by atomic mass is 19.4. The number of halogens is 3. The van der Waals surface area contributed by atoms with E-state index >= 15 is 0 Å². The molecule has 0 atom stereocenters. The van der Waals surface area contributed by atoms with Crippen molar-refractivity contribution in [1.29, 1.82) is 0 Å². The SMILES string of the molecule is FC(F)(F)c1ccc(-c2cc(Oc3ccc4cccnc4c3)ncn2)c(OCC2CCCCC2)c1. The minimum absolute atomic E-state index is 0.157. The molecule has 1 aliphatic carbocycles. The molecule has 5 nitrogen and oxygen atoms in total. The van der Waals surface area contributed by atoms with Crippen LogP contribution in [-0.2, 0) is 6.18 Å². The van der Waals surface area contributed by atoms with Gasteiger partial charge in [0, 0.05) is 29.3 Å². The van der Waals surface area contributed by atoms with Crippen molar-refractivity contribution in [3.05, 3.63) is 72.7 Å². The molecule has 1 aliphatic rings. The molecular weight excluding hydrogens is 455 g/mol. The van der Waals surface area contributed by atoms with Gasteiger partial charge in [0.25, 0.3) is 0 Å². The van der Waals surface area contributed by atoms with Gasteiger partial charge in [-0.05, 0) is 55.2 Å². The molecule has 180 valence electrons. The Morgan fingerprint density at radius 1 is 0.886 bits per heavy atom. The fourth-order valence-corrected chi connectivity index (χ4v) is 4.36. The van der Waals surface area contributed by atoms with Crippen molar-refractivity contribution in [3.63, 3.8) is 0 Å². The lowest BCUT2D eigenvalue weighted by atomic mass is 9.90. The first-order chi connectivity index (χ1) is 17.0. The van der Waals surface area contributed by atoms with Crippen LogP contribution in [0, 0.1) is 5.92 Å². The molecular formula is C27H24F3N3O2. The summed E-state index contributed by atoms with van der Waals surface area (Å²) in [5, 5.41) is 0.979. The average Bonchev–Trinajstić information content (AvgIpc) is 2.87. The number of aromatic nitrogens is 3. The van der Waals surface area contributed by atoms with Crippen LogP contribution in [0.1, 0.15) is 37.7 Å². The van der Waals surface area contributed by atoms with E-state index in [0.717, 1.165) is 48.7 Å². The zero-order valence-electron chi connectivity index (χ0n) is 19.0. The number of ether oxygens (including phenoxy) is 2. The first-order valence-corrected chi connectivity index (χ1v) is 11.6. The van der Waals surface area contributed by atoms with E-state index in [1.54, 1.807) is 18.3 Å². The lowest BCUT2D eigenvalue weighted by Crippen LogP contribution is -2.16. The van der Waals surface area contributed by atoms with Crippen LogP contribution in [0.2, 0.25) is 0 Å². The largest absolute Gasteiger partial charge is 0.493 e. The maximum Gasteiger partial charge on any atom is 0.416 e. The Labute approximate surface area is 201 Å². The van der Waals surface area contributed by atoms with Gasteiger partial charge in [-0.3, -0.25) is 4.98 Å². The third kappa shape index (κ3) is 5.53. The predicted molar refractivity (Wildman–Crippen MR) is 126 cm³/mol. The summed E-state index contributed by atoms with van der Waals surface area (Å²) in [6.07, 6.45) is 4.07. The highest BCUT2D eigenvalue weighted by Crippen LogP contribution is 2.38. The van der Waals surface area contributed by atoms with Crippen LogP contribution in [0.15, 0.2) is 67.1 Å². The van der Waals surface area contributed by atoms with Gasteiger partial charge < -0.3 is 9.47 Å². The van der Waals surface area contributed by atoms with Crippen LogP contribution >= 0.6 is 0 Å². The normalized spacial score (nSPS) is 14.7. The standard InChI is InChI=1S/C27H24F3N3O2/c28-27(29,30)20-9-11-22(25(13-20)34-16-18-5-2-1-3-6-18)24-15-26(33-17-32-24)35-21-10-8-19-7-4-12-31-23(19)14-21/h4,7-15,17-18H,1-3,5-6,16H2. The molecule has 0 saturated heterocycles. The Hall–Kier alpha value is -3.68. The van der Waals surface area contributed by atoms with E-state index in [2.05, 4.69) is 15.0 Å². The second kappa shape index (κ2) is 9.90. The molecule has 0 spiro atoms. The number of rotatable bonds is 6. The van der Waals surface area contributed by atoms with Crippen molar-refractivity contribution < 1.29 is 22.6 Å². The predicted octanol–water partition coefficient (Wildman–Crippen LogP) is 7.46. The van der Waals surface area contributed by atoms with E-state index in [9.17, 15) is 13.2 Å². The Kier molecular flexibility index (Phi) is 6.53. The van der Waals surface area contributed by atoms with Gasteiger partial charge in [-0.2, -0.15) is 13.2 Å². The van der Waals surface area contributed by atoms with Crippen LogP contribution in [-0.4, -0.2) is 21.6 Å². The minimum Gasteiger partial charge on any atom is -0.493 e. The van der Waals surface area contributed by atoms with Gasteiger partial charge in [-0.1, -0.05) is 25.3 Å². The van der Waals surface area contributed by atoms with E-state index < -0.39 is 11.7 Å².